The number of rotatable bonds is 8. The molecule has 7 heteroatoms. The lowest BCUT2D eigenvalue weighted by molar-refractivity contribution is -0.121. The lowest BCUT2D eigenvalue weighted by atomic mass is 10.2. The van der Waals surface area contributed by atoms with Gasteiger partial charge in [-0.25, -0.2) is 4.99 Å². The van der Waals surface area contributed by atoms with Gasteiger partial charge in [-0.1, -0.05) is 43.0 Å². The van der Waals surface area contributed by atoms with Gasteiger partial charge in [-0.3, -0.25) is 9.59 Å². The third-order valence-electron chi connectivity index (χ3n) is 4.37. The maximum Gasteiger partial charge on any atom is 0.260 e. The number of hydrogen-bond acceptors (Lipinski definition) is 5. The van der Waals surface area contributed by atoms with Crippen molar-refractivity contribution in [1.82, 2.24) is 0 Å². The van der Waals surface area contributed by atoms with Gasteiger partial charge in [0.05, 0.1) is 12.3 Å². The van der Waals surface area contributed by atoms with Crippen LogP contribution in [0.1, 0.15) is 25.3 Å². The highest BCUT2D eigenvalue weighted by Crippen LogP contribution is 2.31. The van der Waals surface area contributed by atoms with Crippen molar-refractivity contribution in [2.75, 3.05) is 30.9 Å². The fourth-order valence-electron chi connectivity index (χ4n) is 2.82. The number of benzene rings is 2. The van der Waals surface area contributed by atoms with E-state index in [1.165, 1.54) is 11.8 Å². The van der Waals surface area contributed by atoms with E-state index in [1.54, 1.807) is 6.07 Å². The van der Waals surface area contributed by atoms with Crippen LogP contribution in [0, 0.1) is 0 Å². The van der Waals surface area contributed by atoms with Crippen molar-refractivity contribution >= 4 is 40.0 Å². The number of ether oxygens (including phenoxy) is 1. The summed E-state index contributed by atoms with van der Waals surface area (Å²) in [7, 11) is 3.95. The van der Waals surface area contributed by atoms with Crippen molar-refractivity contribution in [2.24, 2.45) is 4.99 Å². The van der Waals surface area contributed by atoms with Gasteiger partial charge in [-0.15, -0.1) is 0 Å². The molecule has 0 spiro atoms. The summed E-state index contributed by atoms with van der Waals surface area (Å²) < 4.78 is 5.67. The Hall–Kier alpha value is -2.80. The number of amides is 2. The molecule has 0 saturated heterocycles. The van der Waals surface area contributed by atoms with Crippen LogP contribution in [0.2, 0.25) is 0 Å². The lowest BCUT2D eigenvalue weighted by Crippen LogP contribution is -2.21. The first kappa shape index (κ1) is 20.9. The van der Waals surface area contributed by atoms with Crippen LogP contribution in [0.15, 0.2) is 53.5 Å². The number of thioether (sulfide) groups is 1. The molecule has 3 rings (SSSR count). The number of para-hydroxylation sites is 2. The molecule has 152 valence electrons. The predicted octanol–water partition coefficient (Wildman–Crippen LogP) is 3.96. The summed E-state index contributed by atoms with van der Waals surface area (Å²) >= 11 is 1.34. The van der Waals surface area contributed by atoms with Crippen LogP contribution >= 0.6 is 11.8 Å². The van der Waals surface area contributed by atoms with E-state index in [1.807, 2.05) is 68.4 Å². The molecule has 0 bridgehead atoms. The smallest absolute Gasteiger partial charge is 0.260 e. The molecular weight excluding hydrogens is 386 g/mol. The number of carbonyl (C=O) groups is 2. The fraction of sp³-hybridized carbons (Fsp3) is 0.318. The zero-order valence-corrected chi connectivity index (χ0v) is 17.7. The van der Waals surface area contributed by atoms with Crippen LogP contribution in [-0.4, -0.2) is 42.8 Å². The molecule has 2 aromatic rings. The summed E-state index contributed by atoms with van der Waals surface area (Å²) in [6, 6.07) is 15.2. The minimum atomic E-state index is -0.512. The number of carbonyl (C=O) groups excluding carboxylic acids is 2. The highest BCUT2D eigenvalue weighted by Gasteiger charge is 2.31. The quantitative estimate of drug-likeness (QED) is 0.712. The Kier molecular flexibility index (Phi) is 6.93. The number of aliphatic imine (C=N–C) groups is 1. The molecule has 2 aromatic carbocycles. The van der Waals surface area contributed by atoms with E-state index in [0.717, 1.165) is 17.7 Å². The molecule has 0 aromatic heterocycles. The second-order valence-corrected chi connectivity index (χ2v) is 8.09. The van der Waals surface area contributed by atoms with E-state index in [0.29, 0.717) is 23.1 Å². The molecule has 1 heterocycles. The molecule has 6 nitrogen and oxygen atoms in total. The first-order valence-corrected chi connectivity index (χ1v) is 10.4. The summed E-state index contributed by atoms with van der Waals surface area (Å²) in [6.07, 6.45) is 0.944. The maximum atomic E-state index is 12.5. The standard InChI is InChI=1S/C22H25N3O3S/c1-4-13-28-18-8-6-5-7-17(18)23-20(26)14-19-21(27)24-22(29-19)15-9-11-16(12-10-15)25(2)3/h5-12,19H,4,13-14H2,1-3H3,(H,23,26)/t19-/m0/s1. The zero-order valence-electron chi connectivity index (χ0n) is 16.8. The summed E-state index contributed by atoms with van der Waals surface area (Å²) in [5.41, 5.74) is 2.57. The first-order valence-electron chi connectivity index (χ1n) is 9.56. The summed E-state index contributed by atoms with van der Waals surface area (Å²) in [5.74, 6) is 0.126. The van der Waals surface area contributed by atoms with Crippen molar-refractivity contribution in [3.63, 3.8) is 0 Å². The van der Waals surface area contributed by atoms with Gasteiger partial charge in [0.25, 0.3) is 5.91 Å². The predicted molar refractivity (Wildman–Crippen MR) is 119 cm³/mol. The van der Waals surface area contributed by atoms with E-state index >= 15 is 0 Å². The Morgan fingerprint density at radius 3 is 2.59 bits per heavy atom. The van der Waals surface area contributed by atoms with Crippen molar-refractivity contribution in [3.8, 4) is 5.75 Å². The molecule has 29 heavy (non-hydrogen) atoms. The fourth-order valence-corrected chi connectivity index (χ4v) is 3.90. The van der Waals surface area contributed by atoms with E-state index < -0.39 is 5.25 Å². The second-order valence-electron chi connectivity index (χ2n) is 6.90. The van der Waals surface area contributed by atoms with E-state index in [9.17, 15) is 9.59 Å². The van der Waals surface area contributed by atoms with Crippen molar-refractivity contribution in [1.29, 1.82) is 0 Å². The number of nitrogens with zero attached hydrogens (tertiary/aromatic N) is 2. The normalized spacial score (nSPS) is 15.8. The van der Waals surface area contributed by atoms with Crippen LogP contribution in [0.5, 0.6) is 5.75 Å². The Bertz CT molecular complexity index is 910. The molecular formula is C22H25N3O3S. The van der Waals surface area contributed by atoms with Gasteiger partial charge in [0.15, 0.2) is 0 Å². The van der Waals surface area contributed by atoms with Crippen LogP contribution in [0.4, 0.5) is 11.4 Å². The van der Waals surface area contributed by atoms with Crippen molar-refractivity contribution < 1.29 is 14.3 Å². The Balaban J connectivity index is 1.60. The third kappa shape index (κ3) is 5.38. The molecule has 0 unspecified atom stereocenters. The first-order chi connectivity index (χ1) is 14.0. The van der Waals surface area contributed by atoms with Gasteiger partial charge < -0.3 is 15.0 Å². The largest absolute Gasteiger partial charge is 0.491 e. The van der Waals surface area contributed by atoms with Crippen LogP contribution in [0.25, 0.3) is 0 Å². The SMILES string of the molecule is CCCOc1ccccc1NC(=O)C[C@@H]1SC(c2ccc(N(C)C)cc2)=NC1=O. The van der Waals surface area contributed by atoms with Gasteiger partial charge in [0.2, 0.25) is 5.91 Å². The maximum absolute atomic E-state index is 12.5. The van der Waals surface area contributed by atoms with Crippen LogP contribution in [0.3, 0.4) is 0 Å². The summed E-state index contributed by atoms with van der Waals surface area (Å²) in [4.78, 5) is 31.0. The minimum Gasteiger partial charge on any atom is -0.491 e. The average Bonchev–Trinajstić information content (AvgIpc) is 3.07. The number of nitrogens with one attached hydrogen (secondary N) is 1. The van der Waals surface area contributed by atoms with Gasteiger partial charge >= 0.3 is 0 Å². The summed E-state index contributed by atoms with van der Waals surface area (Å²) in [6.45, 7) is 2.60. The second kappa shape index (κ2) is 9.60. The Morgan fingerprint density at radius 2 is 1.90 bits per heavy atom. The van der Waals surface area contributed by atoms with E-state index in [-0.39, 0.29) is 18.2 Å². The number of hydrogen-bond donors (Lipinski definition) is 1. The van der Waals surface area contributed by atoms with E-state index in [2.05, 4.69) is 10.3 Å². The third-order valence-corrected chi connectivity index (χ3v) is 5.57. The topological polar surface area (TPSA) is 71.0 Å². The van der Waals surface area contributed by atoms with E-state index in [4.69, 9.17) is 4.74 Å². The van der Waals surface area contributed by atoms with Crippen molar-refractivity contribution in [3.05, 3.63) is 54.1 Å². The minimum absolute atomic E-state index is 0.0639. The Labute approximate surface area is 175 Å². The van der Waals surface area contributed by atoms with Gasteiger partial charge in [0, 0.05) is 31.8 Å². The highest BCUT2D eigenvalue weighted by atomic mass is 32.2. The van der Waals surface area contributed by atoms with Gasteiger partial charge in [0.1, 0.15) is 16.0 Å². The molecule has 1 aliphatic rings. The molecule has 0 aliphatic carbocycles. The zero-order chi connectivity index (χ0) is 20.8. The molecule has 1 N–H and O–H groups in total. The van der Waals surface area contributed by atoms with Gasteiger partial charge in [-0.05, 0) is 30.7 Å². The lowest BCUT2D eigenvalue weighted by Gasteiger charge is -2.13. The molecule has 1 aliphatic heterocycles. The van der Waals surface area contributed by atoms with Gasteiger partial charge in [-0.2, -0.15) is 0 Å². The number of anilines is 2. The average molecular weight is 412 g/mol. The highest BCUT2D eigenvalue weighted by molar-refractivity contribution is 8.16. The Morgan fingerprint density at radius 1 is 1.17 bits per heavy atom. The molecule has 0 fully saturated rings. The monoisotopic (exact) mass is 411 g/mol. The van der Waals surface area contributed by atoms with Crippen LogP contribution < -0.4 is 15.0 Å². The molecule has 1 atom stereocenters. The van der Waals surface area contributed by atoms with Crippen molar-refractivity contribution in [2.45, 2.75) is 25.0 Å². The molecule has 0 saturated carbocycles. The molecule has 0 radical (unpaired) electrons. The van der Waals surface area contributed by atoms with Crippen LogP contribution in [-0.2, 0) is 9.59 Å². The molecule has 2 amide bonds. The summed E-state index contributed by atoms with van der Waals surface area (Å²) in [5, 5.41) is 3.00.